The molecule has 202 valence electrons. The molecule has 1 aliphatic rings. The van der Waals surface area contributed by atoms with Crippen molar-refractivity contribution in [3.8, 4) is 11.5 Å². The molecule has 1 aromatic heterocycles. The lowest BCUT2D eigenvalue weighted by atomic mass is 10.1. The minimum absolute atomic E-state index is 0.0179. The van der Waals surface area contributed by atoms with Gasteiger partial charge in [0, 0.05) is 12.2 Å². The average Bonchev–Trinajstić information content (AvgIpc) is 3.57. The zero-order chi connectivity index (χ0) is 27.5. The molecule has 1 amide bonds. The van der Waals surface area contributed by atoms with Crippen molar-refractivity contribution in [1.29, 1.82) is 0 Å². The number of nitrogens with zero attached hydrogens (tertiary/aromatic N) is 2. The summed E-state index contributed by atoms with van der Waals surface area (Å²) < 4.78 is 32.0. The van der Waals surface area contributed by atoms with Crippen LogP contribution in [0.5, 0.6) is 11.5 Å². The van der Waals surface area contributed by atoms with Crippen LogP contribution in [0.2, 0.25) is 0 Å². The number of amides is 1. The van der Waals surface area contributed by atoms with Crippen molar-refractivity contribution in [3.05, 3.63) is 77.4 Å². The molecule has 2 heterocycles. The average molecular weight is 534 g/mol. The molecule has 3 aromatic carbocycles. The second kappa shape index (κ2) is 11.0. The number of aromatic carboxylic acids is 1. The van der Waals surface area contributed by atoms with Crippen LogP contribution >= 0.6 is 0 Å². The van der Waals surface area contributed by atoms with Gasteiger partial charge in [0.15, 0.2) is 11.1 Å². The van der Waals surface area contributed by atoms with Crippen LogP contribution in [0.15, 0.2) is 65.1 Å². The Hall–Kier alpha value is -4.60. The number of carboxylic acid groups (broad SMARTS) is 1. The fraction of sp³-hybridized carbons (Fsp3) is 0.276. The molecule has 1 saturated heterocycles. The van der Waals surface area contributed by atoms with Gasteiger partial charge in [0.2, 0.25) is 5.91 Å². The summed E-state index contributed by atoms with van der Waals surface area (Å²) in [4.78, 5) is 30.3. The number of aryl methyl sites for hydroxylation is 1. The molecule has 2 atom stereocenters. The fourth-order valence-electron chi connectivity index (χ4n) is 4.73. The Labute approximate surface area is 224 Å². The van der Waals surface area contributed by atoms with Crippen LogP contribution in [-0.4, -0.2) is 52.9 Å². The molecule has 2 N–H and O–H groups in total. The quantitative estimate of drug-likeness (QED) is 0.290. The number of carboxylic acids is 1. The monoisotopic (exact) mass is 533 g/mol. The normalized spacial score (nSPS) is 15.8. The zero-order valence-electron chi connectivity index (χ0n) is 21.5. The number of ether oxygens (including phenoxy) is 2. The summed E-state index contributed by atoms with van der Waals surface area (Å²) in [7, 11) is 1.52. The van der Waals surface area contributed by atoms with E-state index in [0.717, 1.165) is 11.3 Å². The molecule has 9 nitrogen and oxygen atoms in total. The summed E-state index contributed by atoms with van der Waals surface area (Å²) in [6.07, 6.45) is -0.632. The Morgan fingerprint density at radius 1 is 1.21 bits per heavy atom. The molecule has 0 bridgehead atoms. The predicted octanol–water partition coefficient (Wildman–Crippen LogP) is 5.49. The van der Waals surface area contributed by atoms with Gasteiger partial charge in [0.1, 0.15) is 11.5 Å². The van der Waals surface area contributed by atoms with Crippen molar-refractivity contribution in [3.63, 3.8) is 0 Å². The molecule has 0 spiro atoms. The summed E-state index contributed by atoms with van der Waals surface area (Å²) in [5.41, 5.74) is 3.60. The van der Waals surface area contributed by atoms with E-state index in [4.69, 9.17) is 19.0 Å². The molecular formula is C29H28FN3O6. The molecule has 1 unspecified atom stereocenters. The molecule has 10 heteroatoms. The van der Waals surface area contributed by atoms with E-state index in [0.29, 0.717) is 47.8 Å². The third-order valence-electron chi connectivity index (χ3n) is 6.75. The topological polar surface area (TPSA) is 114 Å². The first-order valence-corrected chi connectivity index (χ1v) is 12.6. The third-order valence-corrected chi connectivity index (χ3v) is 6.75. The maximum Gasteiger partial charge on any atom is 0.335 e. The van der Waals surface area contributed by atoms with E-state index < -0.39 is 18.4 Å². The predicted molar refractivity (Wildman–Crippen MR) is 142 cm³/mol. The highest BCUT2D eigenvalue weighted by atomic mass is 19.1. The number of carbonyl (C=O) groups is 2. The number of benzene rings is 3. The van der Waals surface area contributed by atoms with Gasteiger partial charge in [-0.25, -0.2) is 4.79 Å². The smallest absolute Gasteiger partial charge is 0.335 e. The Morgan fingerprint density at radius 3 is 2.69 bits per heavy atom. The van der Waals surface area contributed by atoms with Gasteiger partial charge < -0.3 is 29.2 Å². The molecule has 0 saturated carbocycles. The first-order valence-electron chi connectivity index (χ1n) is 12.6. The van der Waals surface area contributed by atoms with Crippen LogP contribution in [0.25, 0.3) is 11.1 Å². The van der Waals surface area contributed by atoms with E-state index in [-0.39, 0.29) is 23.6 Å². The summed E-state index contributed by atoms with van der Waals surface area (Å²) in [5, 5.41) is 12.2. The summed E-state index contributed by atoms with van der Waals surface area (Å²) in [5.74, 6) is -0.664. The number of methoxy groups -OCH3 is 1. The highest BCUT2D eigenvalue weighted by molar-refractivity contribution is 5.88. The van der Waals surface area contributed by atoms with Crippen LogP contribution in [0.3, 0.4) is 0 Å². The summed E-state index contributed by atoms with van der Waals surface area (Å²) >= 11 is 0. The lowest BCUT2D eigenvalue weighted by Crippen LogP contribution is -2.44. The number of likely N-dealkylation sites (tertiary alicyclic amines) is 1. The Bertz CT molecular complexity index is 1500. The van der Waals surface area contributed by atoms with E-state index in [9.17, 15) is 9.59 Å². The molecule has 4 aromatic rings. The van der Waals surface area contributed by atoms with E-state index in [1.54, 1.807) is 12.1 Å². The van der Waals surface area contributed by atoms with E-state index >= 15 is 4.39 Å². The Morgan fingerprint density at radius 2 is 1.97 bits per heavy atom. The lowest BCUT2D eigenvalue weighted by molar-refractivity contribution is -0.135. The highest BCUT2D eigenvalue weighted by Gasteiger charge is 2.36. The number of fused-ring (bicyclic) bond motifs is 1. The van der Waals surface area contributed by atoms with Gasteiger partial charge >= 0.3 is 5.97 Å². The Balaban J connectivity index is 1.30. The molecule has 0 radical (unpaired) electrons. The fourth-order valence-corrected chi connectivity index (χ4v) is 4.73. The zero-order valence-corrected chi connectivity index (χ0v) is 21.5. The Kier molecular flexibility index (Phi) is 7.36. The van der Waals surface area contributed by atoms with Gasteiger partial charge in [0.05, 0.1) is 25.1 Å². The molecular weight excluding hydrogens is 505 g/mol. The molecule has 1 aliphatic heterocycles. The number of halogens is 1. The molecule has 5 rings (SSSR count). The third kappa shape index (κ3) is 5.64. The van der Waals surface area contributed by atoms with Crippen LogP contribution in [0.1, 0.15) is 34.3 Å². The minimum Gasteiger partial charge on any atom is -0.494 e. The van der Waals surface area contributed by atoms with Crippen LogP contribution in [0, 0.1) is 6.92 Å². The van der Waals surface area contributed by atoms with E-state index in [1.165, 1.54) is 36.3 Å². The maximum atomic E-state index is 15.2. The lowest BCUT2D eigenvalue weighted by Gasteiger charge is -2.27. The number of alkyl halides is 1. The van der Waals surface area contributed by atoms with Gasteiger partial charge in [0.25, 0.3) is 12.4 Å². The first-order chi connectivity index (χ1) is 18.8. The second-order valence-electron chi connectivity index (χ2n) is 9.38. The minimum atomic E-state index is -1.76. The van der Waals surface area contributed by atoms with Gasteiger partial charge in [-0.1, -0.05) is 18.2 Å². The van der Waals surface area contributed by atoms with Crippen molar-refractivity contribution < 1.29 is 33.0 Å². The number of hydrogen-bond acceptors (Lipinski definition) is 7. The van der Waals surface area contributed by atoms with Crippen LogP contribution in [0.4, 0.5) is 16.1 Å². The van der Waals surface area contributed by atoms with Gasteiger partial charge in [-0.05, 0) is 73.4 Å². The van der Waals surface area contributed by atoms with Crippen molar-refractivity contribution in [2.75, 3.05) is 19.0 Å². The number of oxazole rings is 1. The van der Waals surface area contributed by atoms with Gasteiger partial charge in [-0.15, -0.1) is 0 Å². The van der Waals surface area contributed by atoms with E-state index in [1.807, 2.05) is 31.2 Å². The second-order valence-corrected chi connectivity index (χ2v) is 9.38. The molecule has 39 heavy (non-hydrogen) atoms. The number of aromatic nitrogens is 1. The molecule has 1 fully saturated rings. The number of para-hydroxylation sites is 1. The SMILES string of the molecule is COc1cc(CC(=O)N2CCC[C@H]2C(F)Oc2ccc(C(=O)O)cc2)cc2oc(Nc3ccccc3C)nc12. The van der Waals surface area contributed by atoms with Crippen molar-refractivity contribution >= 4 is 34.7 Å². The number of rotatable bonds is 9. The highest BCUT2D eigenvalue weighted by Crippen LogP contribution is 2.32. The number of anilines is 2. The van der Waals surface area contributed by atoms with Crippen LogP contribution in [-0.2, 0) is 11.2 Å². The first kappa shape index (κ1) is 26.0. The maximum absolute atomic E-state index is 15.2. The van der Waals surface area contributed by atoms with E-state index in [2.05, 4.69) is 10.3 Å². The summed E-state index contributed by atoms with van der Waals surface area (Å²) in [6.45, 7) is 2.39. The molecule has 0 aliphatic carbocycles. The van der Waals surface area contributed by atoms with Crippen molar-refractivity contribution in [1.82, 2.24) is 9.88 Å². The summed E-state index contributed by atoms with van der Waals surface area (Å²) in [6, 6.07) is 16.3. The number of hydrogen-bond donors (Lipinski definition) is 2. The van der Waals surface area contributed by atoms with Crippen LogP contribution < -0.4 is 14.8 Å². The van der Waals surface area contributed by atoms with Gasteiger partial charge in [-0.3, -0.25) is 4.79 Å². The standard InChI is InChI=1S/C29H28FN3O6/c1-17-6-3-4-7-21(17)31-29-32-26-23(37-2)14-18(15-24(26)39-29)16-25(34)33-13-5-8-22(33)27(30)38-20-11-9-19(10-12-20)28(35)36/h3-4,6-7,9-12,14-15,22,27H,5,8,13,16H2,1-2H3,(H,31,32)(H,35,36)/t22-,27?/m0/s1. The number of carbonyl (C=O) groups excluding carboxylic acids is 1. The number of nitrogens with one attached hydrogen (secondary N) is 1. The van der Waals surface area contributed by atoms with Gasteiger partial charge in [-0.2, -0.15) is 9.37 Å². The largest absolute Gasteiger partial charge is 0.494 e. The van der Waals surface area contributed by atoms with Crippen molar-refractivity contribution in [2.24, 2.45) is 0 Å². The van der Waals surface area contributed by atoms with Crippen molar-refractivity contribution in [2.45, 2.75) is 38.6 Å².